The molecule has 0 heterocycles. The lowest BCUT2D eigenvalue weighted by Crippen LogP contribution is -2.52. The fourth-order valence-electron chi connectivity index (χ4n) is 5.62. The monoisotopic (exact) mass is 525 g/mol. The van der Waals surface area contributed by atoms with E-state index < -0.39 is 0 Å². The van der Waals surface area contributed by atoms with E-state index in [1.54, 1.807) is 0 Å². The summed E-state index contributed by atoms with van der Waals surface area (Å²) in [5, 5.41) is 7.29. The predicted octanol–water partition coefficient (Wildman–Crippen LogP) is 7.19. The minimum atomic E-state index is 0.196. The average Bonchev–Trinajstić information content (AvgIpc) is 2.85. The highest BCUT2D eigenvalue weighted by atomic mass is 35.5. The summed E-state index contributed by atoms with van der Waals surface area (Å²) in [5.74, 6) is 1.32. The lowest BCUT2D eigenvalue weighted by Gasteiger charge is -2.42. The largest absolute Gasteiger partial charge is 0.386 e. The summed E-state index contributed by atoms with van der Waals surface area (Å²) in [6, 6.07) is 0.564. The number of allylic oxidation sites excluding steroid dienone is 1. The number of nitrogens with zero attached hydrogens (tertiary/aromatic N) is 1. The fraction of sp³-hybridized carbons (Fsp3) is 0.867. The second-order valence-corrected chi connectivity index (χ2v) is 11.2. The first-order valence-corrected chi connectivity index (χ1v) is 15.5. The smallest absolute Gasteiger partial charge is 0.0919 e. The summed E-state index contributed by atoms with van der Waals surface area (Å²) in [6.07, 6.45) is 25.4. The quantitative estimate of drug-likeness (QED) is 0.0492. The van der Waals surface area contributed by atoms with Crippen LogP contribution in [0.3, 0.4) is 0 Å². The summed E-state index contributed by atoms with van der Waals surface area (Å²) in [5.41, 5.74) is 6.42. The molecule has 0 aromatic heterocycles. The minimum absolute atomic E-state index is 0.196. The van der Waals surface area contributed by atoms with Crippen molar-refractivity contribution in [3.8, 4) is 0 Å². The summed E-state index contributed by atoms with van der Waals surface area (Å²) in [4.78, 5) is 5.71. The van der Waals surface area contributed by atoms with Crippen molar-refractivity contribution in [3.05, 3.63) is 24.0 Å². The van der Waals surface area contributed by atoms with Gasteiger partial charge in [-0.05, 0) is 89.6 Å². The molecule has 1 rings (SSSR count). The maximum absolute atomic E-state index is 6.22. The van der Waals surface area contributed by atoms with Crippen LogP contribution in [0.5, 0.6) is 0 Å². The van der Waals surface area contributed by atoms with Crippen molar-refractivity contribution in [1.29, 1.82) is 0 Å². The van der Waals surface area contributed by atoms with E-state index in [9.17, 15) is 0 Å². The Morgan fingerprint density at radius 3 is 2.36 bits per heavy atom. The number of hydrogen-bond acceptors (Lipinski definition) is 5. The van der Waals surface area contributed by atoms with Gasteiger partial charge in [0.2, 0.25) is 0 Å². The van der Waals surface area contributed by atoms with Crippen molar-refractivity contribution in [2.24, 2.45) is 11.7 Å². The molecule has 0 aromatic carbocycles. The number of nitrogens with two attached hydrogens (primary N) is 1. The minimum Gasteiger partial charge on any atom is -0.386 e. The molecule has 3 atom stereocenters. The summed E-state index contributed by atoms with van der Waals surface area (Å²) < 4.78 is 0. The maximum Gasteiger partial charge on any atom is 0.0919 e. The van der Waals surface area contributed by atoms with Gasteiger partial charge in [-0.25, -0.2) is 4.84 Å². The van der Waals surface area contributed by atoms with Gasteiger partial charge in [0.1, 0.15) is 0 Å². The number of nitrogens with one attached hydrogen (secondary N) is 3. The van der Waals surface area contributed by atoms with Crippen LogP contribution in [0, 0.1) is 5.92 Å². The molecule has 5 nitrogen and oxygen atoms in total. The van der Waals surface area contributed by atoms with Crippen molar-refractivity contribution in [2.75, 3.05) is 20.1 Å². The van der Waals surface area contributed by atoms with E-state index in [0.29, 0.717) is 18.1 Å². The molecule has 36 heavy (non-hydrogen) atoms. The van der Waals surface area contributed by atoms with Gasteiger partial charge in [-0.3, -0.25) is 4.90 Å². The molecule has 0 unspecified atom stereocenters. The Bertz CT molecular complexity index is 584. The number of unbranched alkanes of at least 4 members (excludes halogenated alkanes) is 4. The highest BCUT2D eigenvalue weighted by Crippen LogP contribution is 2.37. The van der Waals surface area contributed by atoms with Gasteiger partial charge >= 0.3 is 0 Å². The van der Waals surface area contributed by atoms with E-state index >= 15 is 0 Å². The molecule has 0 spiro atoms. The summed E-state index contributed by atoms with van der Waals surface area (Å²) in [7, 11) is 2.32. The SMILES string of the molecule is C/C=C\[C@@H](CCC)[C@H](NCC/C=C(\N)NCCCCCCC)N(C)[C@H](CC)CCCC1(NCl)CCC1. The third-order valence-electron chi connectivity index (χ3n) is 8.13. The van der Waals surface area contributed by atoms with Crippen molar-refractivity contribution in [1.82, 2.24) is 20.4 Å². The van der Waals surface area contributed by atoms with Crippen LogP contribution in [-0.4, -0.2) is 42.8 Å². The predicted molar refractivity (Wildman–Crippen MR) is 160 cm³/mol. The van der Waals surface area contributed by atoms with Crippen LogP contribution in [0.15, 0.2) is 24.0 Å². The molecule has 6 heteroatoms. The number of rotatable bonds is 23. The van der Waals surface area contributed by atoms with Crippen molar-refractivity contribution in [2.45, 2.75) is 142 Å². The lowest BCUT2D eigenvalue weighted by molar-refractivity contribution is 0.0942. The Hall–Kier alpha value is -0.750. The van der Waals surface area contributed by atoms with Crippen molar-refractivity contribution >= 4 is 11.8 Å². The van der Waals surface area contributed by atoms with Gasteiger partial charge in [-0.15, -0.1) is 0 Å². The lowest BCUT2D eigenvalue weighted by atomic mass is 9.74. The van der Waals surface area contributed by atoms with Gasteiger partial charge in [0.05, 0.1) is 12.0 Å². The molecule has 1 aliphatic carbocycles. The van der Waals surface area contributed by atoms with Crippen molar-refractivity contribution in [3.63, 3.8) is 0 Å². The Morgan fingerprint density at radius 2 is 1.78 bits per heavy atom. The van der Waals surface area contributed by atoms with E-state index in [-0.39, 0.29) is 5.54 Å². The molecule has 1 aliphatic rings. The topological polar surface area (TPSA) is 65.3 Å². The normalized spacial score (nSPS) is 18.4. The molecule has 1 fully saturated rings. The fourth-order valence-corrected chi connectivity index (χ4v) is 5.91. The van der Waals surface area contributed by atoms with Crippen LogP contribution in [0.25, 0.3) is 0 Å². The van der Waals surface area contributed by atoms with E-state index in [4.69, 9.17) is 17.5 Å². The molecule has 0 radical (unpaired) electrons. The highest BCUT2D eigenvalue weighted by Gasteiger charge is 2.36. The molecule has 212 valence electrons. The van der Waals surface area contributed by atoms with Gasteiger partial charge in [-0.2, -0.15) is 0 Å². The van der Waals surface area contributed by atoms with Crippen LogP contribution in [0.2, 0.25) is 0 Å². The Kier molecular flexibility index (Phi) is 18.7. The standard InChI is InChI=1S/C30H60ClN5/c1-6-10-11-12-13-24-33-28(32)20-15-25-34-29(26(17-7-2)18-8-3)36(5)27(9-4)19-14-21-30(35-31)22-16-23-30/h7,17,20,26-27,29,33-35H,6,8-16,18-19,21-25,32H2,1-5H3/b17-7-,28-20+/t26-,27+,29+/m0/s1. The Morgan fingerprint density at radius 1 is 1.03 bits per heavy atom. The zero-order chi connectivity index (χ0) is 26.7. The van der Waals surface area contributed by atoms with Gasteiger partial charge < -0.3 is 16.4 Å². The molecule has 0 aliphatic heterocycles. The molecule has 1 saturated carbocycles. The van der Waals surface area contributed by atoms with Crippen LogP contribution < -0.4 is 21.2 Å². The zero-order valence-corrected chi connectivity index (χ0v) is 25.1. The molecular formula is C30H60ClN5. The average molecular weight is 526 g/mol. The third kappa shape index (κ3) is 12.7. The van der Waals surface area contributed by atoms with E-state index in [1.165, 1.54) is 89.9 Å². The first-order chi connectivity index (χ1) is 17.5. The molecule has 0 aromatic rings. The van der Waals surface area contributed by atoms with Crippen molar-refractivity contribution < 1.29 is 0 Å². The zero-order valence-electron chi connectivity index (χ0n) is 24.4. The van der Waals surface area contributed by atoms with Crippen LogP contribution in [0.1, 0.15) is 124 Å². The maximum atomic E-state index is 6.22. The second kappa shape index (κ2) is 20.2. The highest BCUT2D eigenvalue weighted by molar-refractivity contribution is 6.14. The van der Waals surface area contributed by atoms with E-state index in [2.05, 4.69) is 73.3 Å². The Labute approximate surface area is 229 Å². The Balaban J connectivity index is 2.62. The summed E-state index contributed by atoms with van der Waals surface area (Å²) >= 11 is 6.08. The molecule has 5 N–H and O–H groups in total. The third-order valence-corrected chi connectivity index (χ3v) is 8.53. The number of halogens is 1. The van der Waals surface area contributed by atoms with Gasteiger partial charge in [0.15, 0.2) is 0 Å². The number of hydrogen-bond donors (Lipinski definition) is 4. The van der Waals surface area contributed by atoms with E-state index in [0.717, 1.165) is 25.3 Å². The van der Waals surface area contributed by atoms with Gasteiger partial charge in [-0.1, -0.05) is 71.4 Å². The van der Waals surface area contributed by atoms with Crippen LogP contribution in [0.4, 0.5) is 0 Å². The first kappa shape index (κ1) is 33.3. The van der Waals surface area contributed by atoms with Gasteiger partial charge in [0, 0.05) is 30.6 Å². The van der Waals surface area contributed by atoms with Crippen LogP contribution >= 0.6 is 11.8 Å². The molecule has 0 amide bonds. The second-order valence-electron chi connectivity index (χ2n) is 11.0. The van der Waals surface area contributed by atoms with E-state index in [1.807, 2.05) is 0 Å². The molecular weight excluding hydrogens is 466 g/mol. The molecule has 0 saturated heterocycles. The first-order valence-electron chi connectivity index (χ1n) is 15.1. The van der Waals surface area contributed by atoms with Gasteiger partial charge in [0.25, 0.3) is 0 Å². The molecule has 0 bridgehead atoms. The summed E-state index contributed by atoms with van der Waals surface area (Å²) in [6.45, 7) is 10.9. The van der Waals surface area contributed by atoms with Crippen LogP contribution in [-0.2, 0) is 0 Å².